The Hall–Kier alpha value is -2.88. The lowest BCUT2D eigenvalue weighted by Crippen LogP contribution is -2.56. The lowest BCUT2D eigenvalue weighted by Gasteiger charge is -2.43. The van der Waals surface area contributed by atoms with Crippen LogP contribution in [0.1, 0.15) is 24.8 Å². The molecule has 2 aliphatic heterocycles. The van der Waals surface area contributed by atoms with E-state index in [0.717, 1.165) is 69.5 Å². The lowest BCUT2D eigenvalue weighted by atomic mass is 9.91. The summed E-state index contributed by atoms with van der Waals surface area (Å²) in [5.41, 5.74) is 4.09. The molecule has 2 heterocycles. The fourth-order valence-corrected chi connectivity index (χ4v) is 5.18. The minimum absolute atomic E-state index is 0.292. The SMILES string of the molecule is N#Cc1cccc(-c2ccc(N3CCN(CC(=O)N4CCN(C5CCC5)CC4)CC3)cc2)c1. The second kappa shape index (κ2) is 9.94. The summed E-state index contributed by atoms with van der Waals surface area (Å²) in [4.78, 5) is 22.2. The second-order valence-electron chi connectivity index (χ2n) is 9.50. The summed E-state index contributed by atoms with van der Waals surface area (Å²) < 4.78 is 0. The van der Waals surface area contributed by atoms with Gasteiger partial charge in [-0.05, 0) is 48.2 Å². The maximum Gasteiger partial charge on any atom is 0.236 e. The number of hydrogen-bond donors (Lipinski definition) is 0. The molecule has 3 aliphatic rings. The molecule has 0 spiro atoms. The highest BCUT2D eigenvalue weighted by atomic mass is 16.2. The number of amides is 1. The molecular weight excluding hydrogens is 410 g/mol. The highest BCUT2D eigenvalue weighted by Crippen LogP contribution is 2.26. The third-order valence-corrected chi connectivity index (χ3v) is 7.55. The zero-order valence-corrected chi connectivity index (χ0v) is 19.3. The van der Waals surface area contributed by atoms with E-state index in [4.69, 9.17) is 5.26 Å². The average Bonchev–Trinajstić information content (AvgIpc) is 2.84. The molecule has 0 atom stereocenters. The van der Waals surface area contributed by atoms with Gasteiger partial charge in [-0.3, -0.25) is 14.6 Å². The van der Waals surface area contributed by atoms with Crippen molar-refractivity contribution in [3.05, 3.63) is 54.1 Å². The molecule has 0 unspecified atom stereocenters. The zero-order chi connectivity index (χ0) is 22.6. The summed E-state index contributed by atoms with van der Waals surface area (Å²) in [5.74, 6) is 0.292. The third-order valence-electron chi connectivity index (χ3n) is 7.55. The Balaban J connectivity index is 1.09. The molecule has 5 rings (SSSR count). The van der Waals surface area contributed by atoms with E-state index in [1.165, 1.54) is 24.9 Å². The molecule has 1 aliphatic carbocycles. The number of benzene rings is 2. The van der Waals surface area contributed by atoms with Gasteiger partial charge in [-0.1, -0.05) is 30.7 Å². The Morgan fingerprint density at radius 3 is 2.24 bits per heavy atom. The molecular formula is C27H33N5O. The maximum atomic E-state index is 12.8. The summed E-state index contributed by atoms with van der Waals surface area (Å²) in [6.45, 7) is 8.11. The highest BCUT2D eigenvalue weighted by Gasteiger charge is 2.30. The molecule has 33 heavy (non-hydrogen) atoms. The minimum atomic E-state index is 0.292. The van der Waals surface area contributed by atoms with E-state index in [0.29, 0.717) is 18.0 Å². The average molecular weight is 444 g/mol. The Labute approximate surface area is 197 Å². The lowest BCUT2D eigenvalue weighted by molar-refractivity contribution is -0.134. The molecule has 172 valence electrons. The first-order valence-corrected chi connectivity index (χ1v) is 12.3. The number of hydrogen-bond acceptors (Lipinski definition) is 5. The van der Waals surface area contributed by atoms with Gasteiger partial charge in [-0.2, -0.15) is 5.26 Å². The van der Waals surface area contributed by atoms with Gasteiger partial charge < -0.3 is 9.80 Å². The van der Waals surface area contributed by atoms with Crippen LogP contribution in [0.25, 0.3) is 11.1 Å². The first-order valence-electron chi connectivity index (χ1n) is 12.3. The van der Waals surface area contributed by atoms with E-state index >= 15 is 0 Å². The van der Waals surface area contributed by atoms with Crippen LogP contribution in [0.4, 0.5) is 5.69 Å². The van der Waals surface area contributed by atoms with Gasteiger partial charge in [0.15, 0.2) is 0 Å². The minimum Gasteiger partial charge on any atom is -0.369 e. The van der Waals surface area contributed by atoms with E-state index < -0.39 is 0 Å². The van der Waals surface area contributed by atoms with Crippen molar-refractivity contribution in [1.82, 2.24) is 14.7 Å². The highest BCUT2D eigenvalue weighted by molar-refractivity contribution is 5.78. The number of nitriles is 1. The van der Waals surface area contributed by atoms with Crippen molar-refractivity contribution in [2.24, 2.45) is 0 Å². The van der Waals surface area contributed by atoms with Crippen LogP contribution in [0, 0.1) is 11.3 Å². The first kappa shape index (κ1) is 21.9. The molecule has 1 amide bonds. The molecule has 2 saturated heterocycles. The summed E-state index contributed by atoms with van der Waals surface area (Å²) in [6.07, 6.45) is 4.06. The van der Waals surface area contributed by atoms with Crippen LogP contribution >= 0.6 is 0 Å². The molecule has 0 radical (unpaired) electrons. The van der Waals surface area contributed by atoms with Crippen molar-refractivity contribution in [1.29, 1.82) is 5.26 Å². The van der Waals surface area contributed by atoms with Gasteiger partial charge in [0.25, 0.3) is 0 Å². The molecule has 2 aromatic rings. The van der Waals surface area contributed by atoms with E-state index in [-0.39, 0.29) is 0 Å². The summed E-state index contributed by atoms with van der Waals surface area (Å²) in [5, 5.41) is 9.13. The normalized spacial score (nSPS) is 20.3. The Morgan fingerprint density at radius 2 is 1.61 bits per heavy atom. The molecule has 1 saturated carbocycles. The van der Waals surface area contributed by atoms with Crippen LogP contribution in [-0.2, 0) is 4.79 Å². The molecule has 6 heteroatoms. The first-order chi connectivity index (χ1) is 16.2. The van der Waals surface area contributed by atoms with Gasteiger partial charge in [0.05, 0.1) is 18.2 Å². The Kier molecular flexibility index (Phi) is 6.61. The fourth-order valence-electron chi connectivity index (χ4n) is 5.18. The van der Waals surface area contributed by atoms with Gasteiger partial charge in [0.2, 0.25) is 5.91 Å². The molecule has 0 bridgehead atoms. The Bertz CT molecular complexity index is 994. The molecule has 3 fully saturated rings. The van der Waals surface area contributed by atoms with Crippen molar-refractivity contribution < 1.29 is 4.79 Å². The van der Waals surface area contributed by atoms with Gasteiger partial charge in [0, 0.05) is 64.1 Å². The van der Waals surface area contributed by atoms with Crippen LogP contribution < -0.4 is 4.90 Å². The van der Waals surface area contributed by atoms with Crippen LogP contribution in [0.3, 0.4) is 0 Å². The molecule has 6 nitrogen and oxygen atoms in total. The summed E-state index contributed by atoms with van der Waals surface area (Å²) in [7, 11) is 0. The molecule has 0 N–H and O–H groups in total. The number of piperazine rings is 2. The van der Waals surface area contributed by atoms with Gasteiger partial charge in [-0.25, -0.2) is 0 Å². The van der Waals surface area contributed by atoms with Crippen LogP contribution in [-0.4, -0.2) is 85.6 Å². The smallest absolute Gasteiger partial charge is 0.236 e. The summed E-state index contributed by atoms with van der Waals surface area (Å²) >= 11 is 0. The van der Waals surface area contributed by atoms with E-state index in [2.05, 4.69) is 49.9 Å². The van der Waals surface area contributed by atoms with Gasteiger partial charge in [-0.15, -0.1) is 0 Å². The van der Waals surface area contributed by atoms with Crippen molar-refractivity contribution >= 4 is 11.6 Å². The van der Waals surface area contributed by atoms with E-state index in [1.54, 1.807) is 0 Å². The standard InChI is InChI=1S/C27H33N5O/c28-20-22-3-1-4-24(19-22)23-7-9-26(10-8-23)30-13-11-29(12-14-30)21-27(33)32-17-15-31(16-18-32)25-5-2-6-25/h1,3-4,7-10,19,25H,2,5-6,11-18,21H2. The predicted octanol–water partition coefficient (Wildman–Crippen LogP) is 3.04. The third kappa shape index (κ3) is 5.05. The molecule has 2 aromatic carbocycles. The fraction of sp³-hybridized carbons (Fsp3) is 0.481. The number of nitrogens with zero attached hydrogens (tertiary/aromatic N) is 5. The Morgan fingerprint density at radius 1 is 0.879 bits per heavy atom. The number of carbonyl (C=O) groups excluding carboxylic acids is 1. The van der Waals surface area contributed by atoms with Gasteiger partial charge in [0.1, 0.15) is 0 Å². The monoisotopic (exact) mass is 443 g/mol. The van der Waals surface area contributed by atoms with Gasteiger partial charge >= 0.3 is 0 Å². The topological polar surface area (TPSA) is 53.8 Å². The van der Waals surface area contributed by atoms with E-state index in [1.807, 2.05) is 24.3 Å². The van der Waals surface area contributed by atoms with Crippen molar-refractivity contribution in [2.45, 2.75) is 25.3 Å². The largest absolute Gasteiger partial charge is 0.369 e. The van der Waals surface area contributed by atoms with Crippen LogP contribution in [0.15, 0.2) is 48.5 Å². The second-order valence-corrected chi connectivity index (χ2v) is 9.50. The van der Waals surface area contributed by atoms with Crippen molar-refractivity contribution in [2.75, 3.05) is 63.8 Å². The number of anilines is 1. The maximum absolute atomic E-state index is 12.8. The van der Waals surface area contributed by atoms with Crippen LogP contribution in [0.5, 0.6) is 0 Å². The van der Waals surface area contributed by atoms with Crippen molar-refractivity contribution in [3.63, 3.8) is 0 Å². The molecule has 0 aromatic heterocycles. The number of carbonyl (C=O) groups is 1. The van der Waals surface area contributed by atoms with Crippen molar-refractivity contribution in [3.8, 4) is 17.2 Å². The van der Waals surface area contributed by atoms with Crippen LogP contribution in [0.2, 0.25) is 0 Å². The quantitative estimate of drug-likeness (QED) is 0.711. The predicted molar refractivity (Wildman–Crippen MR) is 131 cm³/mol. The zero-order valence-electron chi connectivity index (χ0n) is 19.3. The number of rotatable bonds is 5. The van der Waals surface area contributed by atoms with E-state index in [9.17, 15) is 4.79 Å². The summed E-state index contributed by atoms with van der Waals surface area (Å²) in [6, 6.07) is 19.3.